The molecule has 22 heavy (non-hydrogen) atoms. The van der Waals surface area contributed by atoms with Gasteiger partial charge in [0.1, 0.15) is 5.82 Å². The molecule has 1 N–H and O–H groups in total. The fraction of sp³-hybridized carbons (Fsp3) is 0.294. The Bertz CT molecular complexity index is 693. The quantitative estimate of drug-likeness (QED) is 0.839. The molecular weight excluding hydrogens is 342 g/mol. The standard InChI is InChI=1S/C17H18BrN3O/c18-15-8-4-5-13(11-15)12-21-16(9-10-19-21)20-17(22)14-6-2-1-3-7-14/h1-2,4-5,8-11,14H,3,6-7,12H2,(H,20,22). The van der Waals surface area contributed by atoms with Crippen LogP contribution in [0.15, 0.2) is 53.2 Å². The number of amides is 1. The van der Waals surface area contributed by atoms with Crippen molar-refractivity contribution in [3.8, 4) is 0 Å². The van der Waals surface area contributed by atoms with Crippen LogP contribution in [0.3, 0.4) is 0 Å². The number of allylic oxidation sites excluding steroid dienone is 2. The first-order chi connectivity index (χ1) is 10.7. The molecule has 114 valence electrons. The van der Waals surface area contributed by atoms with E-state index in [2.05, 4.69) is 44.6 Å². The zero-order chi connectivity index (χ0) is 15.4. The number of aromatic nitrogens is 2. The molecule has 1 aromatic heterocycles. The van der Waals surface area contributed by atoms with Crippen molar-refractivity contribution in [1.82, 2.24) is 9.78 Å². The van der Waals surface area contributed by atoms with Crippen LogP contribution in [0.4, 0.5) is 5.82 Å². The predicted octanol–water partition coefficient (Wildman–Crippen LogP) is 3.99. The maximum absolute atomic E-state index is 12.3. The average molecular weight is 360 g/mol. The summed E-state index contributed by atoms with van der Waals surface area (Å²) in [5, 5.41) is 7.32. The molecule has 1 aliphatic carbocycles. The Morgan fingerprint density at radius 1 is 1.36 bits per heavy atom. The summed E-state index contributed by atoms with van der Waals surface area (Å²) in [5.74, 6) is 0.902. The molecule has 0 saturated heterocycles. The van der Waals surface area contributed by atoms with Crippen molar-refractivity contribution in [2.75, 3.05) is 5.32 Å². The van der Waals surface area contributed by atoms with Crippen LogP contribution in [0.25, 0.3) is 0 Å². The minimum atomic E-state index is 0.0687. The molecule has 0 bridgehead atoms. The molecule has 2 aromatic rings. The molecule has 1 amide bonds. The van der Waals surface area contributed by atoms with Crippen LogP contribution in [0.2, 0.25) is 0 Å². The first-order valence-electron chi connectivity index (χ1n) is 7.44. The van der Waals surface area contributed by atoms with Gasteiger partial charge in [0.25, 0.3) is 0 Å². The highest BCUT2D eigenvalue weighted by molar-refractivity contribution is 9.10. The van der Waals surface area contributed by atoms with E-state index in [0.29, 0.717) is 6.54 Å². The molecule has 1 unspecified atom stereocenters. The number of hydrogen-bond donors (Lipinski definition) is 1. The van der Waals surface area contributed by atoms with E-state index < -0.39 is 0 Å². The number of anilines is 1. The van der Waals surface area contributed by atoms with E-state index in [4.69, 9.17) is 0 Å². The number of halogens is 1. The van der Waals surface area contributed by atoms with E-state index in [-0.39, 0.29) is 11.8 Å². The molecule has 5 heteroatoms. The summed E-state index contributed by atoms with van der Waals surface area (Å²) < 4.78 is 2.86. The lowest BCUT2D eigenvalue weighted by atomic mass is 9.94. The van der Waals surface area contributed by atoms with Gasteiger partial charge in [-0.25, -0.2) is 4.68 Å². The van der Waals surface area contributed by atoms with E-state index in [1.807, 2.05) is 28.9 Å². The Labute approximate surface area is 138 Å². The van der Waals surface area contributed by atoms with Gasteiger partial charge in [0.05, 0.1) is 12.7 Å². The minimum Gasteiger partial charge on any atom is -0.311 e. The maximum Gasteiger partial charge on any atom is 0.228 e. The Kier molecular flexibility index (Phi) is 4.73. The largest absolute Gasteiger partial charge is 0.311 e. The van der Waals surface area contributed by atoms with Gasteiger partial charge in [0.2, 0.25) is 5.91 Å². The van der Waals surface area contributed by atoms with Gasteiger partial charge in [-0.3, -0.25) is 4.79 Å². The lowest BCUT2D eigenvalue weighted by Gasteiger charge is -2.17. The van der Waals surface area contributed by atoms with Crippen LogP contribution in [-0.2, 0) is 11.3 Å². The van der Waals surface area contributed by atoms with E-state index in [0.717, 1.165) is 35.1 Å². The number of carbonyl (C=O) groups is 1. The summed E-state index contributed by atoms with van der Waals surface area (Å²) in [5.41, 5.74) is 1.13. The van der Waals surface area contributed by atoms with Crippen molar-refractivity contribution in [3.05, 3.63) is 58.7 Å². The smallest absolute Gasteiger partial charge is 0.228 e. The maximum atomic E-state index is 12.3. The SMILES string of the molecule is O=C(Nc1ccnn1Cc1cccc(Br)c1)C1CC=CCC1. The van der Waals surface area contributed by atoms with Crippen molar-refractivity contribution in [3.63, 3.8) is 0 Å². The molecule has 3 rings (SSSR count). The monoisotopic (exact) mass is 359 g/mol. The van der Waals surface area contributed by atoms with Crippen LogP contribution in [-0.4, -0.2) is 15.7 Å². The van der Waals surface area contributed by atoms with Crippen molar-refractivity contribution in [1.29, 1.82) is 0 Å². The predicted molar refractivity (Wildman–Crippen MR) is 90.6 cm³/mol. The second kappa shape index (κ2) is 6.92. The first kappa shape index (κ1) is 15.0. The number of hydrogen-bond acceptors (Lipinski definition) is 2. The highest BCUT2D eigenvalue weighted by Gasteiger charge is 2.19. The average Bonchev–Trinajstić information content (AvgIpc) is 2.95. The number of benzene rings is 1. The third kappa shape index (κ3) is 3.65. The second-order valence-electron chi connectivity index (χ2n) is 5.47. The Morgan fingerprint density at radius 3 is 3.05 bits per heavy atom. The van der Waals surface area contributed by atoms with Crippen LogP contribution in [0, 0.1) is 5.92 Å². The van der Waals surface area contributed by atoms with E-state index in [1.165, 1.54) is 0 Å². The molecule has 1 heterocycles. The Hall–Kier alpha value is -1.88. The number of nitrogens with one attached hydrogen (secondary N) is 1. The molecular formula is C17H18BrN3O. The molecule has 0 spiro atoms. The highest BCUT2D eigenvalue weighted by Crippen LogP contribution is 2.21. The zero-order valence-electron chi connectivity index (χ0n) is 12.2. The van der Waals surface area contributed by atoms with Gasteiger partial charge in [-0.05, 0) is 37.0 Å². The summed E-state index contributed by atoms with van der Waals surface area (Å²) in [6, 6.07) is 9.93. The van der Waals surface area contributed by atoms with Crippen molar-refractivity contribution in [2.24, 2.45) is 5.92 Å². The molecule has 0 aliphatic heterocycles. The summed E-state index contributed by atoms with van der Waals surface area (Å²) in [6.07, 6.45) is 8.67. The lowest BCUT2D eigenvalue weighted by Crippen LogP contribution is -2.25. The zero-order valence-corrected chi connectivity index (χ0v) is 13.8. The molecule has 0 radical (unpaired) electrons. The summed E-state index contributed by atoms with van der Waals surface area (Å²) in [7, 11) is 0. The van der Waals surface area contributed by atoms with Gasteiger partial charge in [0, 0.05) is 16.5 Å². The lowest BCUT2D eigenvalue weighted by molar-refractivity contribution is -0.120. The van der Waals surface area contributed by atoms with E-state index >= 15 is 0 Å². The van der Waals surface area contributed by atoms with Gasteiger partial charge < -0.3 is 5.32 Å². The van der Waals surface area contributed by atoms with Crippen LogP contribution in [0.1, 0.15) is 24.8 Å². The van der Waals surface area contributed by atoms with Crippen LogP contribution >= 0.6 is 15.9 Å². The second-order valence-corrected chi connectivity index (χ2v) is 6.39. The molecule has 4 nitrogen and oxygen atoms in total. The normalized spacial score (nSPS) is 17.4. The Balaban J connectivity index is 1.69. The third-order valence-electron chi connectivity index (χ3n) is 3.83. The number of rotatable bonds is 4. The fourth-order valence-corrected chi connectivity index (χ4v) is 3.08. The first-order valence-corrected chi connectivity index (χ1v) is 8.24. The third-order valence-corrected chi connectivity index (χ3v) is 4.32. The van der Waals surface area contributed by atoms with Gasteiger partial charge in [-0.1, -0.05) is 40.2 Å². The number of nitrogens with zero attached hydrogens (tertiary/aromatic N) is 2. The van der Waals surface area contributed by atoms with Gasteiger partial charge in [-0.15, -0.1) is 0 Å². The van der Waals surface area contributed by atoms with Crippen molar-refractivity contribution < 1.29 is 4.79 Å². The van der Waals surface area contributed by atoms with Gasteiger partial charge in [0.15, 0.2) is 0 Å². The minimum absolute atomic E-state index is 0.0687. The molecule has 0 saturated carbocycles. The van der Waals surface area contributed by atoms with E-state index in [1.54, 1.807) is 6.20 Å². The molecule has 1 atom stereocenters. The number of carbonyl (C=O) groups excluding carboxylic acids is 1. The topological polar surface area (TPSA) is 46.9 Å². The molecule has 1 aliphatic rings. The molecule has 0 fully saturated rings. The van der Waals surface area contributed by atoms with Crippen molar-refractivity contribution in [2.45, 2.75) is 25.8 Å². The van der Waals surface area contributed by atoms with Crippen molar-refractivity contribution >= 4 is 27.7 Å². The summed E-state index contributed by atoms with van der Waals surface area (Å²) in [4.78, 5) is 12.3. The van der Waals surface area contributed by atoms with Crippen LogP contribution in [0.5, 0.6) is 0 Å². The Morgan fingerprint density at radius 2 is 2.27 bits per heavy atom. The van der Waals surface area contributed by atoms with Crippen LogP contribution < -0.4 is 5.32 Å². The summed E-state index contributed by atoms with van der Waals surface area (Å²) in [6.45, 7) is 0.632. The van der Waals surface area contributed by atoms with E-state index in [9.17, 15) is 4.79 Å². The van der Waals surface area contributed by atoms with Gasteiger partial charge >= 0.3 is 0 Å². The summed E-state index contributed by atoms with van der Waals surface area (Å²) >= 11 is 3.47. The fourth-order valence-electron chi connectivity index (χ4n) is 2.63. The molecule has 1 aromatic carbocycles. The van der Waals surface area contributed by atoms with Gasteiger partial charge in [-0.2, -0.15) is 5.10 Å². The highest BCUT2D eigenvalue weighted by atomic mass is 79.9.